The van der Waals surface area contributed by atoms with E-state index in [1.54, 1.807) is 6.08 Å². The number of hydrogen-bond donors (Lipinski definition) is 4. The Morgan fingerprint density at radius 2 is 0.729 bits per heavy atom. The van der Waals surface area contributed by atoms with Crippen LogP contribution in [0.4, 0.5) is 0 Å². The molecule has 5 nitrogen and oxygen atoms in total. The van der Waals surface area contributed by atoms with Crippen molar-refractivity contribution >= 4 is 5.91 Å². The van der Waals surface area contributed by atoms with Crippen LogP contribution in [0.2, 0.25) is 0 Å². The van der Waals surface area contributed by atoms with Crippen LogP contribution in [0.15, 0.2) is 48.6 Å². The fourth-order valence-corrected chi connectivity index (χ4v) is 7.84. The van der Waals surface area contributed by atoms with E-state index < -0.39 is 18.2 Å². The predicted octanol–water partition coefficient (Wildman–Crippen LogP) is 15.7. The van der Waals surface area contributed by atoms with Crippen LogP contribution in [0.1, 0.15) is 264 Å². The fraction of sp³-hybridized carbons (Fsp3) is 0.833. The molecule has 59 heavy (non-hydrogen) atoms. The van der Waals surface area contributed by atoms with E-state index in [2.05, 4.69) is 55.6 Å². The van der Waals surface area contributed by atoms with E-state index in [1.807, 2.05) is 6.08 Å². The first-order valence-corrected chi connectivity index (χ1v) is 25.9. The summed E-state index contributed by atoms with van der Waals surface area (Å²) in [5.41, 5.74) is 0. The predicted molar refractivity (Wildman–Crippen MR) is 259 cm³/mol. The van der Waals surface area contributed by atoms with Crippen molar-refractivity contribution in [2.45, 2.75) is 283 Å². The number of carbonyl (C=O) groups is 1. The number of carbonyl (C=O) groups excluding carboxylic acids is 1. The van der Waals surface area contributed by atoms with Crippen molar-refractivity contribution in [1.82, 2.24) is 5.32 Å². The molecule has 0 saturated heterocycles. The van der Waals surface area contributed by atoms with Crippen molar-refractivity contribution in [3.63, 3.8) is 0 Å². The molecule has 0 saturated carbocycles. The van der Waals surface area contributed by atoms with Crippen molar-refractivity contribution in [3.05, 3.63) is 48.6 Å². The summed E-state index contributed by atoms with van der Waals surface area (Å²) in [4.78, 5) is 12.5. The molecule has 0 aliphatic carbocycles. The van der Waals surface area contributed by atoms with Crippen LogP contribution in [-0.4, -0.2) is 46.1 Å². The lowest BCUT2D eigenvalue weighted by molar-refractivity contribution is -0.124. The minimum Gasteiger partial charge on any atom is -0.394 e. The minimum atomic E-state index is -0.962. The van der Waals surface area contributed by atoms with Gasteiger partial charge < -0.3 is 20.6 Å². The molecule has 0 rings (SSSR count). The van der Waals surface area contributed by atoms with Gasteiger partial charge in [-0.2, -0.15) is 0 Å². The molecule has 1 amide bonds. The first-order valence-electron chi connectivity index (χ1n) is 25.9. The number of amides is 1. The van der Waals surface area contributed by atoms with Gasteiger partial charge in [0.15, 0.2) is 0 Å². The lowest BCUT2D eigenvalue weighted by Crippen LogP contribution is -2.45. The van der Waals surface area contributed by atoms with Gasteiger partial charge in [0.2, 0.25) is 5.91 Å². The number of allylic oxidation sites excluding steroid dienone is 7. The Morgan fingerprint density at radius 3 is 1.08 bits per heavy atom. The summed E-state index contributed by atoms with van der Waals surface area (Å²) in [7, 11) is 0. The summed E-state index contributed by atoms with van der Waals surface area (Å²) in [6.07, 6.45) is 64.2. The first kappa shape index (κ1) is 57.3. The van der Waals surface area contributed by atoms with E-state index >= 15 is 0 Å². The highest BCUT2D eigenvalue weighted by Gasteiger charge is 2.20. The Hall–Kier alpha value is -1.69. The first-order chi connectivity index (χ1) is 29.0. The molecule has 3 unspecified atom stereocenters. The van der Waals surface area contributed by atoms with Gasteiger partial charge in [0.25, 0.3) is 0 Å². The molecule has 0 aromatic rings. The Labute approximate surface area is 367 Å². The van der Waals surface area contributed by atoms with E-state index in [-0.39, 0.29) is 18.9 Å². The molecule has 346 valence electrons. The molecule has 0 heterocycles. The van der Waals surface area contributed by atoms with Gasteiger partial charge in [0, 0.05) is 0 Å². The average molecular weight is 828 g/mol. The van der Waals surface area contributed by atoms with E-state index in [4.69, 9.17) is 0 Å². The molecule has 0 spiro atoms. The number of hydrogen-bond acceptors (Lipinski definition) is 4. The maximum absolute atomic E-state index is 12.5. The van der Waals surface area contributed by atoms with Gasteiger partial charge in [-0.25, -0.2) is 0 Å². The van der Waals surface area contributed by atoms with Crippen molar-refractivity contribution in [3.8, 4) is 0 Å². The molecule has 0 fully saturated rings. The van der Waals surface area contributed by atoms with Gasteiger partial charge in [-0.3, -0.25) is 4.79 Å². The third-order valence-electron chi connectivity index (χ3n) is 11.8. The highest BCUT2D eigenvalue weighted by molar-refractivity contribution is 5.76. The highest BCUT2D eigenvalue weighted by atomic mass is 16.3. The second-order valence-electron chi connectivity index (χ2n) is 17.8. The summed E-state index contributed by atoms with van der Waals surface area (Å²) in [5.74, 6) is -0.331. The fourth-order valence-electron chi connectivity index (χ4n) is 7.84. The van der Waals surface area contributed by atoms with Crippen LogP contribution < -0.4 is 5.32 Å². The van der Waals surface area contributed by atoms with Gasteiger partial charge in [-0.15, -0.1) is 0 Å². The van der Waals surface area contributed by atoms with E-state index in [0.29, 0.717) is 6.42 Å². The van der Waals surface area contributed by atoms with Crippen LogP contribution in [0, 0.1) is 0 Å². The number of rotatable bonds is 47. The van der Waals surface area contributed by atoms with Crippen LogP contribution in [0.25, 0.3) is 0 Å². The monoisotopic (exact) mass is 828 g/mol. The van der Waals surface area contributed by atoms with Crippen molar-refractivity contribution < 1.29 is 20.1 Å². The molecule has 4 N–H and O–H groups in total. The van der Waals surface area contributed by atoms with Gasteiger partial charge in [-0.05, 0) is 70.6 Å². The third-order valence-corrected chi connectivity index (χ3v) is 11.8. The summed E-state index contributed by atoms with van der Waals surface area (Å²) < 4.78 is 0. The zero-order valence-corrected chi connectivity index (χ0v) is 39.4. The lowest BCUT2D eigenvalue weighted by atomic mass is 10.0. The standard InChI is InChI=1S/C54H101NO4/c1-3-5-7-9-11-13-15-17-19-21-23-25-26-28-29-31-33-35-37-39-41-43-45-47-51(57)49-54(59)55-52(50-56)53(58)48-46-44-42-40-38-36-34-32-30-27-24-22-20-18-16-14-12-10-8-6-4-2/h28-30,32,38,40,46,48,51-53,56-58H,3-27,31,33-37,39,41-45,47,49-50H2,1-2H3,(H,55,59)/b29-28-,32-30+,40-38+,48-46+. The summed E-state index contributed by atoms with van der Waals surface area (Å²) >= 11 is 0. The molecule has 0 aliphatic heterocycles. The van der Waals surface area contributed by atoms with Crippen molar-refractivity contribution in [2.75, 3.05) is 6.61 Å². The van der Waals surface area contributed by atoms with Gasteiger partial charge >= 0.3 is 0 Å². The molecule has 0 aromatic carbocycles. The van der Waals surface area contributed by atoms with Crippen LogP contribution in [0.3, 0.4) is 0 Å². The molecule has 0 aromatic heterocycles. The van der Waals surface area contributed by atoms with Crippen LogP contribution in [-0.2, 0) is 4.79 Å². The van der Waals surface area contributed by atoms with Crippen molar-refractivity contribution in [1.29, 1.82) is 0 Å². The molecule has 0 aliphatic rings. The summed E-state index contributed by atoms with van der Waals surface area (Å²) in [6.45, 7) is 4.22. The van der Waals surface area contributed by atoms with Gasteiger partial charge in [0.1, 0.15) is 0 Å². The van der Waals surface area contributed by atoms with Crippen molar-refractivity contribution in [2.24, 2.45) is 0 Å². The van der Waals surface area contributed by atoms with Gasteiger partial charge in [-0.1, -0.05) is 236 Å². The highest BCUT2D eigenvalue weighted by Crippen LogP contribution is 2.16. The molecular formula is C54H101NO4. The molecule has 0 radical (unpaired) electrons. The Kier molecular flexibility index (Phi) is 47.6. The average Bonchev–Trinajstić information content (AvgIpc) is 3.23. The molecule has 5 heteroatoms. The van der Waals surface area contributed by atoms with Gasteiger partial charge in [0.05, 0.1) is 31.3 Å². The molecule has 0 bridgehead atoms. The van der Waals surface area contributed by atoms with Crippen LogP contribution >= 0.6 is 0 Å². The smallest absolute Gasteiger partial charge is 0.222 e. The Bertz CT molecular complexity index is 958. The van der Waals surface area contributed by atoms with E-state index in [0.717, 1.165) is 38.5 Å². The minimum absolute atomic E-state index is 0.000892. The maximum Gasteiger partial charge on any atom is 0.222 e. The lowest BCUT2D eigenvalue weighted by Gasteiger charge is -2.21. The maximum atomic E-state index is 12.5. The van der Waals surface area contributed by atoms with E-state index in [9.17, 15) is 20.1 Å². The second-order valence-corrected chi connectivity index (χ2v) is 17.8. The normalized spacial score (nSPS) is 13.8. The summed E-state index contributed by atoms with van der Waals surface area (Å²) in [5, 5.41) is 33.3. The van der Waals surface area contributed by atoms with E-state index in [1.165, 1.54) is 199 Å². The number of unbranched alkanes of at least 4 members (excludes halogenated alkanes) is 32. The quantitative estimate of drug-likeness (QED) is 0.0363. The summed E-state index contributed by atoms with van der Waals surface area (Å²) in [6, 6.07) is -0.770. The zero-order chi connectivity index (χ0) is 43.0. The third kappa shape index (κ3) is 45.7. The molecular weight excluding hydrogens is 727 g/mol. The Morgan fingerprint density at radius 1 is 0.424 bits per heavy atom. The SMILES string of the molecule is CCCCCCCCCCCCC/C=C/CC/C=C/CC/C=C/C(O)C(CO)NC(=O)CC(O)CCCCCCCCC/C=C\CCCCCCCCCCCCCC. The number of aliphatic hydroxyl groups is 3. The largest absolute Gasteiger partial charge is 0.394 e. The van der Waals surface area contributed by atoms with Crippen LogP contribution in [0.5, 0.6) is 0 Å². The second kappa shape index (κ2) is 49.0. The number of aliphatic hydroxyl groups excluding tert-OH is 3. The molecule has 3 atom stereocenters. The number of nitrogens with one attached hydrogen (secondary N) is 1. The topological polar surface area (TPSA) is 89.8 Å². The Balaban J connectivity index is 3.68. The zero-order valence-electron chi connectivity index (χ0n) is 39.4.